The predicted molar refractivity (Wildman–Crippen MR) is 32.6 cm³/mol. The highest BCUT2D eigenvalue weighted by Crippen LogP contribution is 2.01. The van der Waals surface area contributed by atoms with Crippen LogP contribution in [0.3, 0.4) is 0 Å². The zero-order valence-electron chi connectivity index (χ0n) is 5.48. The van der Waals surface area contributed by atoms with Crippen LogP contribution in [0.25, 0.3) is 0 Å². The minimum atomic E-state index is 0.263. The molecule has 0 saturated carbocycles. The Morgan fingerprint density at radius 3 is 2.62 bits per heavy atom. The van der Waals surface area contributed by atoms with Crippen molar-refractivity contribution >= 4 is 0 Å². The smallest absolute Gasteiger partial charge is 0.105 e. The zero-order chi connectivity index (χ0) is 5.98. The van der Waals surface area contributed by atoms with Gasteiger partial charge in [-0.05, 0) is 20.3 Å². The molecule has 2 atom stereocenters. The van der Waals surface area contributed by atoms with Gasteiger partial charge in [-0.3, -0.25) is 5.32 Å². The molecule has 0 aromatic heterocycles. The van der Waals surface area contributed by atoms with E-state index in [-0.39, 0.29) is 6.23 Å². The van der Waals surface area contributed by atoms with E-state index in [0.29, 0.717) is 6.04 Å². The molecule has 0 aliphatic carbocycles. The molecule has 0 amide bonds. The first-order valence-electron chi connectivity index (χ1n) is 3.16. The summed E-state index contributed by atoms with van der Waals surface area (Å²) in [6, 6.07) is 0.638. The maximum Gasteiger partial charge on any atom is 0.105 e. The molecule has 1 aliphatic heterocycles. The van der Waals surface area contributed by atoms with E-state index < -0.39 is 0 Å². The third-order valence-electron chi connectivity index (χ3n) is 1.44. The summed E-state index contributed by atoms with van der Waals surface area (Å²) in [5.74, 6) is 0. The van der Waals surface area contributed by atoms with E-state index in [1.54, 1.807) is 0 Å². The molecule has 48 valence electrons. The van der Waals surface area contributed by atoms with Gasteiger partial charge >= 0.3 is 0 Å². The summed E-state index contributed by atoms with van der Waals surface area (Å²) in [7, 11) is 0. The number of rotatable bonds is 0. The molecule has 1 saturated heterocycles. The molecular weight excluding hydrogens is 102 g/mol. The Morgan fingerprint density at radius 2 is 2.25 bits per heavy atom. The molecule has 1 heterocycles. The number of hydrogen-bond donors (Lipinski definition) is 1. The average Bonchev–Trinajstić information content (AvgIpc) is 1.64. The lowest BCUT2D eigenvalue weighted by molar-refractivity contribution is -0.00283. The van der Waals surface area contributed by atoms with Crippen molar-refractivity contribution < 1.29 is 4.74 Å². The van der Waals surface area contributed by atoms with Crippen molar-refractivity contribution in [1.29, 1.82) is 0 Å². The Morgan fingerprint density at radius 1 is 1.50 bits per heavy atom. The van der Waals surface area contributed by atoms with Crippen LogP contribution in [0, 0.1) is 0 Å². The number of hydrogen-bond acceptors (Lipinski definition) is 2. The van der Waals surface area contributed by atoms with Crippen molar-refractivity contribution in [3.8, 4) is 0 Å². The molecule has 0 spiro atoms. The van der Waals surface area contributed by atoms with Crippen molar-refractivity contribution in [2.75, 3.05) is 6.61 Å². The van der Waals surface area contributed by atoms with Crippen molar-refractivity contribution in [3.63, 3.8) is 0 Å². The van der Waals surface area contributed by atoms with E-state index in [0.717, 1.165) is 13.0 Å². The van der Waals surface area contributed by atoms with Crippen LogP contribution in [0.5, 0.6) is 0 Å². The lowest BCUT2D eigenvalue weighted by atomic mass is 10.2. The molecule has 0 aromatic rings. The van der Waals surface area contributed by atoms with Crippen LogP contribution in [-0.4, -0.2) is 18.9 Å². The van der Waals surface area contributed by atoms with Crippen molar-refractivity contribution in [2.45, 2.75) is 32.5 Å². The van der Waals surface area contributed by atoms with Crippen molar-refractivity contribution in [2.24, 2.45) is 0 Å². The summed E-state index contributed by atoms with van der Waals surface area (Å²) in [6.45, 7) is 5.13. The van der Waals surface area contributed by atoms with Crippen LogP contribution < -0.4 is 5.32 Å². The first-order chi connectivity index (χ1) is 3.79. The molecular formula is C6H13NO. The second-order valence-corrected chi connectivity index (χ2v) is 2.37. The SMILES string of the molecule is C[C@H]1CCO[C@@H](C)N1. The molecule has 0 bridgehead atoms. The van der Waals surface area contributed by atoms with Crippen molar-refractivity contribution in [3.05, 3.63) is 0 Å². The summed E-state index contributed by atoms with van der Waals surface area (Å²) < 4.78 is 5.24. The second kappa shape index (κ2) is 2.46. The highest BCUT2D eigenvalue weighted by molar-refractivity contribution is 4.65. The van der Waals surface area contributed by atoms with Gasteiger partial charge in [0, 0.05) is 6.04 Å². The van der Waals surface area contributed by atoms with E-state index >= 15 is 0 Å². The van der Waals surface area contributed by atoms with Gasteiger partial charge < -0.3 is 4.74 Å². The van der Waals surface area contributed by atoms with Crippen LogP contribution in [0.4, 0.5) is 0 Å². The van der Waals surface area contributed by atoms with E-state index in [2.05, 4.69) is 12.2 Å². The van der Waals surface area contributed by atoms with Gasteiger partial charge in [0.15, 0.2) is 0 Å². The Bertz CT molecular complexity index is 66.9. The molecule has 1 aliphatic rings. The average molecular weight is 115 g/mol. The fraction of sp³-hybridized carbons (Fsp3) is 1.00. The predicted octanol–water partition coefficient (Wildman–Crippen LogP) is 0.731. The van der Waals surface area contributed by atoms with E-state index in [1.165, 1.54) is 0 Å². The Balaban J connectivity index is 2.23. The monoisotopic (exact) mass is 115 g/mol. The van der Waals surface area contributed by atoms with Crippen LogP contribution >= 0.6 is 0 Å². The third kappa shape index (κ3) is 1.46. The second-order valence-electron chi connectivity index (χ2n) is 2.37. The molecule has 8 heavy (non-hydrogen) atoms. The van der Waals surface area contributed by atoms with Gasteiger partial charge in [-0.15, -0.1) is 0 Å². The lowest BCUT2D eigenvalue weighted by Gasteiger charge is -2.25. The fourth-order valence-corrected chi connectivity index (χ4v) is 0.954. The summed E-state index contributed by atoms with van der Waals surface area (Å²) >= 11 is 0. The van der Waals surface area contributed by atoms with Gasteiger partial charge in [0.05, 0.1) is 6.61 Å². The van der Waals surface area contributed by atoms with Crippen LogP contribution in [0.1, 0.15) is 20.3 Å². The normalized spacial score (nSPS) is 39.8. The van der Waals surface area contributed by atoms with Crippen molar-refractivity contribution in [1.82, 2.24) is 5.32 Å². The molecule has 1 fully saturated rings. The summed E-state index contributed by atoms with van der Waals surface area (Å²) in [4.78, 5) is 0. The van der Waals surface area contributed by atoms with Gasteiger partial charge in [-0.2, -0.15) is 0 Å². The summed E-state index contributed by atoms with van der Waals surface area (Å²) in [5, 5.41) is 3.26. The van der Waals surface area contributed by atoms with Gasteiger partial charge in [-0.25, -0.2) is 0 Å². The number of ether oxygens (including phenoxy) is 1. The molecule has 0 radical (unpaired) electrons. The topological polar surface area (TPSA) is 21.3 Å². The van der Waals surface area contributed by atoms with Gasteiger partial charge in [0.2, 0.25) is 0 Å². The Hall–Kier alpha value is -0.0800. The largest absolute Gasteiger partial charge is 0.364 e. The maximum absolute atomic E-state index is 5.24. The van der Waals surface area contributed by atoms with Crippen LogP contribution in [0.15, 0.2) is 0 Å². The number of nitrogens with one attached hydrogen (secondary N) is 1. The van der Waals surface area contributed by atoms with E-state index in [9.17, 15) is 0 Å². The lowest BCUT2D eigenvalue weighted by Crippen LogP contribution is -2.41. The maximum atomic E-state index is 5.24. The minimum absolute atomic E-state index is 0.263. The fourth-order valence-electron chi connectivity index (χ4n) is 0.954. The quantitative estimate of drug-likeness (QED) is 0.502. The Labute approximate surface area is 50.2 Å². The third-order valence-corrected chi connectivity index (χ3v) is 1.44. The van der Waals surface area contributed by atoms with Gasteiger partial charge in [0.1, 0.15) is 6.23 Å². The highest BCUT2D eigenvalue weighted by Gasteiger charge is 2.12. The highest BCUT2D eigenvalue weighted by atomic mass is 16.5. The summed E-state index contributed by atoms with van der Waals surface area (Å²) in [5.41, 5.74) is 0. The van der Waals surface area contributed by atoms with E-state index in [4.69, 9.17) is 4.74 Å². The molecule has 2 heteroatoms. The zero-order valence-corrected chi connectivity index (χ0v) is 5.48. The first kappa shape index (κ1) is 6.05. The van der Waals surface area contributed by atoms with E-state index in [1.807, 2.05) is 6.92 Å². The standard InChI is InChI=1S/C6H13NO/c1-5-3-4-8-6(2)7-5/h5-7H,3-4H2,1-2H3/t5-,6-/m0/s1. The minimum Gasteiger partial charge on any atom is -0.364 e. The molecule has 0 aromatic carbocycles. The molecule has 1 N–H and O–H groups in total. The first-order valence-corrected chi connectivity index (χ1v) is 3.16. The molecule has 1 rings (SSSR count). The molecule has 2 nitrogen and oxygen atoms in total. The van der Waals surface area contributed by atoms with Gasteiger partial charge in [0.25, 0.3) is 0 Å². The molecule has 0 unspecified atom stereocenters. The Kier molecular flexibility index (Phi) is 1.86. The van der Waals surface area contributed by atoms with Gasteiger partial charge in [-0.1, -0.05) is 0 Å². The summed E-state index contributed by atoms with van der Waals surface area (Å²) in [6.07, 6.45) is 1.41. The van der Waals surface area contributed by atoms with Crippen LogP contribution in [0.2, 0.25) is 0 Å². The van der Waals surface area contributed by atoms with Crippen LogP contribution in [-0.2, 0) is 4.74 Å².